The van der Waals surface area contributed by atoms with Crippen molar-refractivity contribution >= 4 is 0 Å². The maximum Gasteiger partial charge on any atom is 0.0947 e. The Morgan fingerprint density at radius 2 is 2.08 bits per heavy atom. The van der Waals surface area contributed by atoms with Crippen molar-refractivity contribution in [3.8, 4) is 12.1 Å². The van der Waals surface area contributed by atoms with Gasteiger partial charge in [-0.25, -0.2) is 0 Å². The van der Waals surface area contributed by atoms with Crippen molar-refractivity contribution in [2.45, 2.75) is 33.1 Å². The van der Waals surface area contributed by atoms with Crippen LogP contribution in [0, 0.1) is 28.6 Å². The monoisotopic (exact) mass is 162 g/mol. The molecule has 0 fully saturated rings. The summed E-state index contributed by atoms with van der Waals surface area (Å²) in [6, 6.07) is 4.25. The topological polar surface area (TPSA) is 47.6 Å². The van der Waals surface area contributed by atoms with E-state index in [1.54, 1.807) is 0 Å². The van der Waals surface area contributed by atoms with Crippen molar-refractivity contribution in [3.05, 3.63) is 11.6 Å². The van der Waals surface area contributed by atoms with E-state index in [1.807, 2.05) is 19.9 Å². The summed E-state index contributed by atoms with van der Waals surface area (Å²) in [5, 5.41) is 17.3. The second kappa shape index (κ2) is 6.43. The highest BCUT2D eigenvalue weighted by Gasteiger charge is 2.10. The van der Waals surface area contributed by atoms with Gasteiger partial charge in [-0.05, 0) is 12.8 Å². The predicted molar refractivity (Wildman–Crippen MR) is 48.0 cm³/mol. The van der Waals surface area contributed by atoms with E-state index in [9.17, 15) is 0 Å². The number of hydrogen-bond donors (Lipinski definition) is 0. The molecule has 0 aromatic carbocycles. The summed E-state index contributed by atoms with van der Waals surface area (Å²) in [5.74, 6) is 0.139. The first kappa shape index (κ1) is 10.7. The van der Waals surface area contributed by atoms with Crippen LogP contribution in [0.25, 0.3) is 0 Å². The Kier molecular flexibility index (Phi) is 5.75. The Balaban J connectivity index is 4.38. The van der Waals surface area contributed by atoms with Gasteiger partial charge in [0, 0.05) is 17.9 Å². The summed E-state index contributed by atoms with van der Waals surface area (Å²) < 4.78 is 0. The van der Waals surface area contributed by atoms with E-state index in [2.05, 4.69) is 12.1 Å². The lowest BCUT2D eigenvalue weighted by Crippen LogP contribution is -2.00. The van der Waals surface area contributed by atoms with Crippen LogP contribution in [0.3, 0.4) is 0 Å². The normalized spacial score (nSPS) is 13.2. The SMILES string of the molecule is CC/C=C(\C#N)C(CC)CC#N. The third-order valence-corrected chi connectivity index (χ3v) is 1.82. The van der Waals surface area contributed by atoms with E-state index in [1.165, 1.54) is 0 Å². The van der Waals surface area contributed by atoms with Crippen LogP contribution in [-0.2, 0) is 0 Å². The average molecular weight is 162 g/mol. The smallest absolute Gasteiger partial charge is 0.0947 e. The minimum atomic E-state index is 0.139. The van der Waals surface area contributed by atoms with Gasteiger partial charge in [-0.15, -0.1) is 0 Å². The molecule has 0 aromatic rings. The van der Waals surface area contributed by atoms with Crippen LogP contribution in [0.15, 0.2) is 11.6 Å². The van der Waals surface area contributed by atoms with Gasteiger partial charge in [0.15, 0.2) is 0 Å². The Labute approximate surface area is 74.1 Å². The molecule has 1 unspecified atom stereocenters. The molecular formula is C10H14N2. The molecule has 2 nitrogen and oxygen atoms in total. The van der Waals surface area contributed by atoms with Crippen LogP contribution in [-0.4, -0.2) is 0 Å². The third kappa shape index (κ3) is 3.21. The van der Waals surface area contributed by atoms with Crippen molar-refractivity contribution in [1.29, 1.82) is 10.5 Å². The molecule has 0 aliphatic carbocycles. The second-order valence-corrected chi connectivity index (χ2v) is 2.65. The largest absolute Gasteiger partial charge is 0.198 e. The van der Waals surface area contributed by atoms with E-state index in [4.69, 9.17) is 10.5 Å². The zero-order valence-corrected chi connectivity index (χ0v) is 7.67. The molecule has 0 spiro atoms. The lowest BCUT2D eigenvalue weighted by molar-refractivity contribution is 0.619. The minimum Gasteiger partial charge on any atom is -0.198 e. The standard InChI is InChI=1S/C10H14N2/c1-3-5-10(8-12)9(4-2)6-7-11/h5,9H,3-4,6H2,1-2H3/b10-5+. The van der Waals surface area contributed by atoms with Crippen molar-refractivity contribution in [1.82, 2.24) is 0 Å². The van der Waals surface area contributed by atoms with Gasteiger partial charge in [0.25, 0.3) is 0 Å². The van der Waals surface area contributed by atoms with Crippen LogP contribution in [0.1, 0.15) is 33.1 Å². The third-order valence-electron chi connectivity index (χ3n) is 1.82. The zero-order chi connectivity index (χ0) is 9.40. The van der Waals surface area contributed by atoms with Gasteiger partial charge in [-0.1, -0.05) is 19.9 Å². The molecule has 0 aliphatic rings. The molecule has 0 bridgehead atoms. The molecule has 0 saturated heterocycles. The molecule has 0 radical (unpaired) electrons. The van der Waals surface area contributed by atoms with Crippen LogP contribution in [0.4, 0.5) is 0 Å². The average Bonchev–Trinajstić information content (AvgIpc) is 2.11. The van der Waals surface area contributed by atoms with Gasteiger partial charge in [0.1, 0.15) is 0 Å². The Hall–Kier alpha value is -1.28. The Bertz CT molecular complexity index is 227. The molecule has 0 aliphatic heterocycles. The number of nitriles is 2. The first-order chi connectivity index (χ1) is 5.79. The van der Waals surface area contributed by atoms with Crippen LogP contribution in [0.2, 0.25) is 0 Å². The van der Waals surface area contributed by atoms with E-state index < -0.39 is 0 Å². The molecule has 2 heteroatoms. The maximum atomic E-state index is 8.76. The molecule has 0 saturated carbocycles. The highest BCUT2D eigenvalue weighted by Crippen LogP contribution is 2.18. The predicted octanol–water partition coefficient (Wildman–Crippen LogP) is 2.79. The Morgan fingerprint density at radius 1 is 1.42 bits per heavy atom. The van der Waals surface area contributed by atoms with E-state index in [0.717, 1.165) is 18.4 Å². The number of allylic oxidation sites excluding steroid dienone is 2. The first-order valence-electron chi connectivity index (χ1n) is 4.27. The van der Waals surface area contributed by atoms with Crippen molar-refractivity contribution in [2.75, 3.05) is 0 Å². The van der Waals surface area contributed by atoms with Crippen molar-refractivity contribution in [3.63, 3.8) is 0 Å². The fraction of sp³-hybridized carbons (Fsp3) is 0.600. The van der Waals surface area contributed by atoms with Crippen LogP contribution in [0.5, 0.6) is 0 Å². The first-order valence-corrected chi connectivity index (χ1v) is 4.27. The van der Waals surface area contributed by atoms with Gasteiger partial charge in [-0.3, -0.25) is 0 Å². The molecule has 1 atom stereocenters. The number of rotatable bonds is 4. The summed E-state index contributed by atoms with van der Waals surface area (Å²) in [6.07, 6.45) is 4.10. The second-order valence-electron chi connectivity index (χ2n) is 2.65. The Morgan fingerprint density at radius 3 is 2.42 bits per heavy atom. The highest BCUT2D eigenvalue weighted by molar-refractivity contribution is 5.24. The highest BCUT2D eigenvalue weighted by atomic mass is 14.3. The quantitative estimate of drug-likeness (QED) is 0.597. The molecule has 0 rings (SSSR count). The molecule has 0 amide bonds. The van der Waals surface area contributed by atoms with Crippen LogP contribution < -0.4 is 0 Å². The summed E-state index contributed by atoms with van der Waals surface area (Å²) >= 11 is 0. The minimum absolute atomic E-state index is 0.139. The lowest BCUT2D eigenvalue weighted by Gasteiger charge is -2.08. The molecule has 64 valence electrons. The summed E-state index contributed by atoms with van der Waals surface area (Å²) in [5.41, 5.74) is 0.765. The van der Waals surface area contributed by atoms with Gasteiger partial charge in [0.05, 0.1) is 12.1 Å². The lowest BCUT2D eigenvalue weighted by atomic mass is 9.94. The van der Waals surface area contributed by atoms with Gasteiger partial charge in [-0.2, -0.15) is 10.5 Å². The summed E-state index contributed by atoms with van der Waals surface area (Å²) in [6.45, 7) is 4.00. The van der Waals surface area contributed by atoms with Gasteiger partial charge in [0.2, 0.25) is 0 Å². The number of hydrogen-bond acceptors (Lipinski definition) is 2. The van der Waals surface area contributed by atoms with E-state index >= 15 is 0 Å². The fourth-order valence-electron chi connectivity index (χ4n) is 1.11. The molecule has 0 N–H and O–H groups in total. The summed E-state index contributed by atoms with van der Waals surface area (Å²) in [4.78, 5) is 0. The van der Waals surface area contributed by atoms with E-state index in [0.29, 0.717) is 6.42 Å². The fourth-order valence-corrected chi connectivity index (χ4v) is 1.11. The maximum absolute atomic E-state index is 8.76. The van der Waals surface area contributed by atoms with Crippen LogP contribution >= 0.6 is 0 Å². The summed E-state index contributed by atoms with van der Waals surface area (Å²) in [7, 11) is 0. The zero-order valence-electron chi connectivity index (χ0n) is 7.67. The van der Waals surface area contributed by atoms with Gasteiger partial charge < -0.3 is 0 Å². The number of nitrogens with zero attached hydrogens (tertiary/aromatic N) is 2. The molecule has 12 heavy (non-hydrogen) atoms. The van der Waals surface area contributed by atoms with Crippen molar-refractivity contribution < 1.29 is 0 Å². The van der Waals surface area contributed by atoms with Crippen molar-refractivity contribution in [2.24, 2.45) is 5.92 Å². The molecule has 0 heterocycles. The molecular weight excluding hydrogens is 148 g/mol. The van der Waals surface area contributed by atoms with Gasteiger partial charge >= 0.3 is 0 Å². The molecule has 0 aromatic heterocycles. The van der Waals surface area contributed by atoms with E-state index in [-0.39, 0.29) is 5.92 Å².